The predicted octanol–water partition coefficient (Wildman–Crippen LogP) is 1.82. The lowest BCUT2D eigenvalue weighted by Crippen LogP contribution is -2.24. The molecule has 0 atom stereocenters. The second-order valence-electron chi connectivity index (χ2n) is 4.23. The van der Waals surface area contributed by atoms with Crippen molar-refractivity contribution in [2.45, 2.75) is 25.3 Å². The van der Waals surface area contributed by atoms with Crippen LogP contribution in [0.2, 0.25) is 0 Å². The quantitative estimate of drug-likeness (QED) is 0.843. The van der Waals surface area contributed by atoms with Crippen molar-refractivity contribution in [1.29, 1.82) is 0 Å². The van der Waals surface area contributed by atoms with Crippen LogP contribution in [0.1, 0.15) is 16.3 Å². The molecule has 102 valence electrons. The topological polar surface area (TPSA) is 85.1 Å². The van der Waals surface area contributed by atoms with Gasteiger partial charge in [-0.1, -0.05) is 0 Å². The summed E-state index contributed by atoms with van der Waals surface area (Å²) in [6.45, 7) is 3.79. The normalized spacial score (nSPS) is 11.7. The molecule has 0 radical (unpaired) electrons. The van der Waals surface area contributed by atoms with Crippen molar-refractivity contribution in [3.05, 3.63) is 39.8 Å². The molecule has 1 heterocycles. The average molecular weight is 297 g/mol. The number of benzene rings is 1. The third kappa shape index (κ3) is 3.31. The fourth-order valence-corrected chi connectivity index (χ4v) is 3.71. The number of nitrogens with zero attached hydrogens (tertiary/aromatic N) is 1. The SMILES string of the molecule is Cc1csc(CNS(=O)(=O)c2ccc(N)cc2C)n1. The first-order chi connectivity index (χ1) is 8.88. The second kappa shape index (κ2) is 5.28. The van der Waals surface area contributed by atoms with Crippen LogP contribution in [0, 0.1) is 13.8 Å². The van der Waals surface area contributed by atoms with Gasteiger partial charge in [0.15, 0.2) is 0 Å². The van der Waals surface area contributed by atoms with Crippen LogP contribution in [0.5, 0.6) is 0 Å². The molecule has 5 nitrogen and oxygen atoms in total. The summed E-state index contributed by atoms with van der Waals surface area (Å²) in [5.74, 6) is 0. The van der Waals surface area contributed by atoms with E-state index in [1.54, 1.807) is 19.1 Å². The van der Waals surface area contributed by atoms with Gasteiger partial charge in [0.05, 0.1) is 11.4 Å². The van der Waals surface area contributed by atoms with E-state index in [2.05, 4.69) is 9.71 Å². The highest BCUT2D eigenvalue weighted by atomic mass is 32.2. The Balaban J connectivity index is 2.18. The van der Waals surface area contributed by atoms with E-state index < -0.39 is 10.0 Å². The molecule has 0 unspecified atom stereocenters. The Labute approximate surface area is 116 Å². The van der Waals surface area contributed by atoms with Gasteiger partial charge >= 0.3 is 0 Å². The molecule has 0 amide bonds. The van der Waals surface area contributed by atoms with Gasteiger partial charge in [0.2, 0.25) is 10.0 Å². The molecular weight excluding hydrogens is 282 g/mol. The molecule has 3 N–H and O–H groups in total. The number of sulfonamides is 1. The molecule has 0 aliphatic rings. The van der Waals surface area contributed by atoms with Gasteiger partial charge in [-0.3, -0.25) is 0 Å². The molecule has 19 heavy (non-hydrogen) atoms. The lowest BCUT2D eigenvalue weighted by molar-refractivity contribution is 0.580. The van der Waals surface area contributed by atoms with E-state index in [9.17, 15) is 8.42 Å². The number of nitrogen functional groups attached to an aromatic ring is 1. The monoisotopic (exact) mass is 297 g/mol. The van der Waals surface area contributed by atoms with Crippen LogP contribution in [0.25, 0.3) is 0 Å². The molecule has 0 fully saturated rings. The van der Waals surface area contributed by atoms with Crippen LogP contribution in [0.15, 0.2) is 28.5 Å². The van der Waals surface area contributed by atoms with E-state index in [0.717, 1.165) is 10.7 Å². The molecular formula is C12H15N3O2S2. The van der Waals surface area contributed by atoms with Crippen LogP contribution in [-0.4, -0.2) is 13.4 Å². The third-order valence-electron chi connectivity index (χ3n) is 2.57. The van der Waals surface area contributed by atoms with E-state index in [-0.39, 0.29) is 11.4 Å². The maximum absolute atomic E-state index is 12.2. The summed E-state index contributed by atoms with van der Waals surface area (Å²) in [5, 5.41) is 2.63. The van der Waals surface area contributed by atoms with Gasteiger partial charge < -0.3 is 5.73 Å². The summed E-state index contributed by atoms with van der Waals surface area (Å²) >= 11 is 1.43. The fourth-order valence-electron chi connectivity index (χ4n) is 1.69. The molecule has 2 aromatic rings. The van der Waals surface area contributed by atoms with Crippen molar-refractivity contribution in [1.82, 2.24) is 9.71 Å². The molecule has 0 spiro atoms. The fraction of sp³-hybridized carbons (Fsp3) is 0.250. The van der Waals surface area contributed by atoms with E-state index in [4.69, 9.17) is 5.73 Å². The lowest BCUT2D eigenvalue weighted by Gasteiger charge is -2.08. The zero-order valence-corrected chi connectivity index (χ0v) is 12.3. The Hall–Kier alpha value is -1.44. The Morgan fingerprint density at radius 1 is 1.37 bits per heavy atom. The second-order valence-corrected chi connectivity index (χ2v) is 6.91. The summed E-state index contributed by atoms with van der Waals surface area (Å²) in [5.41, 5.74) is 7.68. The van der Waals surface area contributed by atoms with Gasteiger partial charge in [0.1, 0.15) is 5.01 Å². The van der Waals surface area contributed by atoms with Crippen LogP contribution in [0.4, 0.5) is 5.69 Å². The minimum Gasteiger partial charge on any atom is -0.399 e. The van der Waals surface area contributed by atoms with Crippen molar-refractivity contribution >= 4 is 27.0 Å². The van der Waals surface area contributed by atoms with Crippen molar-refractivity contribution in [3.63, 3.8) is 0 Å². The van der Waals surface area contributed by atoms with E-state index in [1.165, 1.54) is 17.4 Å². The first-order valence-corrected chi connectivity index (χ1v) is 8.01. The van der Waals surface area contributed by atoms with Crippen LogP contribution >= 0.6 is 11.3 Å². The van der Waals surface area contributed by atoms with Gasteiger partial charge in [0.25, 0.3) is 0 Å². The van der Waals surface area contributed by atoms with E-state index in [0.29, 0.717) is 11.3 Å². The Kier molecular flexibility index (Phi) is 3.88. The maximum Gasteiger partial charge on any atom is 0.241 e. The highest BCUT2D eigenvalue weighted by Gasteiger charge is 2.17. The molecule has 0 saturated carbocycles. The number of aromatic nitrogens is 1. The number of nitrogens with one attached hydrogen (secondary N) is 1. The average Bonchev–Trinajstić information content (AvgIpc) is 2.72. The number of aryl methyl sites for hydroxylation is 2. The van der Waals surface area contributed by atoms with Crippen molar-refractivity contribution in [2.75, 3.05) is 5.73 Å². The summed E-state index contributed by atoms with van der Waals surface area (Å²) in [7, 11) is -3.54. The van der Waals surface area contributed by atoms with E-state index >= 15 is 0 Å². The van der Waals surface area contributed by atoms with Crippen molar-refractivity contribution in [3.8, 4) is 0 Å². The van der Waals surface area contributed by atoms with Crippen LogP contribution in [-0.2, 0) is 16.6 Å². The van der Waals surface area contributed by atoms with Crippen LogP contribution in [0.3, 0.4) is 0 Å². The maximum atomic E-state index is 12.2. The van der Waals surface area contributed by atoms with Crippen LogP contribution < -0.4 is 10.5 Å². The first kappa shape index (κ1) is 14.0. The molecule has 1 aromatic carbocycles. The number of thiazole rings is 1. The molecule has 0 aliphatic carbocycles. The summed E-state index contributed by atoms with van der Waals surface area (Å²) in [6, 6.07) is 4.73. The summed E-state index contributed by atoms with van der Waals surface area (Å²) in [6.07, 6.45) is 0. The molecule has 0 aliphatic heterocycles. The molecule has 7 heteroatoms. The van der Waals surface area contributed by atoms with Gasteiger partial charge in [-0.25, -0.2) is 18.1 Å². The standard InChI is InChI=1S/C12H15N3O2S2/c1-8-5-10(13)3-4-11(8)19(16,17)14-6-12-15-9(2)7-18-12/h3-5,7,14H,6,13H2,1-2H3. The number of anilines is 1. The molecule has 0 saturated heterocycles. The Bertz CT molecular complexity index is 693. The number of hydrogen-bond acceptors (Lipinski definition) is 5. The molecule has 0 bridgehead atoms. The Morgan fingerprint density at radius 2 is 2.11 bits per heavy atom. The van der Waals surface area contributed by atoms with Gasteiger partial charge in [-0.15, -0.1) is 11.3 Å². The first-order valence-electron chi connectivity index (χ1n) is 5.65. The highest BCUT2D eigenvalue weighted by Crippen LogP contribution is 2.18. The number of hydrogen-bond donors (Lipinski definition) is 2. The van der Waals surface area contributed by atoms with Gasteiger partial charge in [0, 0.05) is 16.8 Å². The molecule has 1 aromatic heterocycles. The molecule has 2 rings (SSSR count). The predicted molar refractivity (Wildman–Crippen MR) is 76.5 cm³/mol. The third-order valence-corrected chi connectivity index (χ3v) is 5.10. The Morgan fingerprint density at radius 3 is 2.68 bits per heavy atom. The van der Waals surface area contributed by atoms with Gasteiger partial charge in [-0.05, 0) is 37.6 Å². The lowest BCUT2D eigenvalue weighted by atomic mass is 10.2. The minimum absolute atomic E-state index is 0.199. The smallest absolute Gasteiger partial charge is 0.241 e. The van der Waals surface area contributed by atoms with E-state index in [1.807, 2.05) is 12.3 Å². The van der Waals surface area contributed by atoms with Gasteiger partial charge in [-0.2, -0.15) is 0 Å². The zero-order chi connectivity index (χ0) is 14.0. The zero-order valence-electron chi connectivity index (χ0n) is 10.7. The minimum atomic E-state index is -3.54. The number of nitrogens with two attached hydrogens (primary N) is 1. The summed E-state index contributed by atoms with van der Waals surface area (Å²) in [4.78, 5) is 4.46. The number of rotatable bonds is 4. The van der Waals surface area contributed by atoms with Crippen molar-refractivity contribution < 1.29 is 8.42 Å². The van der Waals surface area contributed by atoms with Crippen molar-refractivity contribution in [2.24, 2.45) is 0 Å². The largest absolute Gasteiger partial charge is 0.399 e. The summed E-state index contributed by atoms with van der Waals surface area (Å²) < 4.78 is 26.9. The highest BCUT2D eigenvalue weighted by molar-refractivity contribution is 7.89.